The molecule has 3 heterocycles. The third-order valence-electron chi connectivity index (χ3n) is 4.04. The topological polar surface area (TPSA) is 72.8 Å². The molecule has 4 aromatic rings. The highest BCUT2D eigenvalue weighted by molar-refractivity contribution is 5.85. The molecule has 0 aliphatic carbocycles. The fourth-order valence-corrected chi connectivity index (χ4v) is 2.66. The van der Waals surface area contributed by atoms with Crippen LogP contribution in [0, 0.1) is 5.82 Å². The van der Waals surface area contributed by atoms with Crippen LogP contribution in [0.4, 0.5) is 16.0 Å². The number of methoxy groups -OCH3 is 1. The average molecular weight is 446 g/mol. The first-order chi connectivity index (χ1) is 13.7. The van der Waals surface area contributed by atoms with Crippen molar-refractivity contribution in [3.8, 4) is 28.4 Å². The van der Waals surface area contributed by atoms with Crippen LogP contribution in [0.15, 0.2) is 73.2 Å². The van der Waals surface area contributed by atoms with Gasteiger partial charge >= 0.3 is 0 Å². The molecule has 0 aliphatic heterocycles. The fourth-order valence-electron chi connectivity index (χ4n) is 2.66. The molecule has 0 atom stereocenters. The number of ether oxygens (including phenoxy) is 1. The van der Waals surface area contributed by atoms with Gasteiger partial charge in [0.15, 0.2) is 17.4 Å². The van der Waals surface area contributed by atoms with E-state index in [1.165, 1.54) is 12.1 Å². The number of benzene rings is 1. The summed E-state index contributed by atoms with van der Waals surface area (Å²) in [5, 5.41) is 3.13. The van der Waals surface area contributed by atoms with Gasteiger partial charge in [-0.3, -0.25) is 4.98 Å². The van der Waals surface area contributed by atoms with E-state index in [4.69, 9.17) is 4.74 Å². The minimum atomic E-state index is -0.285. The van der Waals surface area contributed by atoms with E-state index in [1.807, 2.05) is 30.3 Å². The van der Waals surface area contributed by atoms with Gasteiger partial charge in [-0.05, 0) is 42.0 Å². The molecule has 0 bridgehead atoms. The predicted molar refractivity (Wildman–Crippen MR) is 119 cm³/mol. The Balaban J connectivity index is 0.00000160. The molecule has 0 aliphatic rings. The summed E-state index contributed by atoms with van der Waals surface area (Å²) in [7, 11) is 1.55. The van der Waals surface area contributed by atoms with Crippen LogP contribution in [0.5, 0.6) is 5.75 Å². The first-order valence-corrected chi connectivity index (χ1v) is 8.54. The van der Waals surface area contributed by atoms with E-state index in [2.05, 4.69) is 25.3 Å². The van der Waals surface area contributed by atoms with Crippen LogP contribution in [0.25, 0.3) is 22.6 Å². The van der Waals surface area contributed by atoms with Gasteiger partial charge in [0.05, 0.1) is 13.3 Å². The van der Waals surface area contributed by atoms with Crippen molar-refractivity contribution in [2.24, 2.45) is 0 Å². The Bertz CT molecular complexity index is 1100. The summed E-state index contributed by atoms with van der Waals surface area (Å²) < 4.78 is 18.8. The summed E-state index contributed by atoms with van der Waals surface area (Å²) in [5.74, 6) is 1.72. The SMILES string of the molecule is COc1cnc(-c2ccccn2)nc1Nc1ccc(-c2cccc(F)c2)cn1.Cl.Cl. The zero-order chi connectivity index (χ0) is 19.3. The van der Waals surface area contributed by atoms with Crippen LogP contribution in [0.3, 0.4) is 0 Å². The third kappa shape index (κ3) is 5.20. The molecule has 0 unspecified atom stereocenters. The summed E-state index contributed by atoms with van der Waals surface area (Å²) >= 11 is 0. The molecule has 3 aromatic heterocycles. The Morgan fingerprint density at radius 3 is 2.40 bits per heavy atom. The molecule has 154 valence electrons. The largest absolute Gasteiger partial charge is 0.491 e. The summed E-state index contributed by atoms with van der Waals surface area (Å²) in [5.41, 5.74) is 2.23. The van der Waals surface area contributed by atoms with E-state index in [-0.39, 0.29) is 30.6 Å². The van der Waals surface area contributed by atoms with Crippen LogP contribution in [0.1, 0.15) is 0 Å². The normalized spacial score (nSPS) is 9.80. The first kappa shape index (κ1) is 23.0. The molecule has 30 heavy (non-hydrogen) atoms. The van der Waals surface area contributed by atoms with E-state index < -0.39 is 0 Å². The van der Waals surface area contributed by atoms with Crippen molar-refractivity contribution in [3.63, 3.8) is 0 Å². The number of rotatable bonds is 5. The van der Waals surface area contributed by atoms with Crippen LogP contribution in [-0.4, -0.2) is 27.0 Å². The van der Waals surface area contributed by atoms with E-state index >= 15 is 0 Å². The summed E-state index contributed by atoms with van der Waals surface area (Å²) in [6.45, 7) is 0. The smallest absolute Gasteiger partial charge is 0.180 e. The lowest BCUT2D eigenvalue weighted by atomic mass is 10.1. The van der Waals surface area contributed by atoms with Gasteiger partial charge in [-0.1, -0.05) is 18.2 Å². The number of halogens is 3. The Hall–Kier alpha value is -3.29. The lowest BCUT2D eigenvalue weighted by molar-refractivity contribution is 0.413. The zero-order valence-corrected chi connectivity index (χ0v) is 17.5. The van der Waals surface area contributed by atoms with Crippen molar-refractivity contribution in [3.05, 3.63) is 79.0 Å². The molecule has 0 spiro atoms. The minimum Gasteiger partial charge on any atom is -0.491 e. The molecule has 1 N–H and O–H groups in total. The second-order valence-electron chi connectivity index (χ2n) is 5.89. The molecular formula is C21H18Cl2FN5O. The van der Waals surface area contributed by atoms with Gasteiger partial charge in [-0.2, -0.15) is 0 Å². The van der Waals surface area contributed by atoms with E-state index in [9.17, 15) is 4.39 Å². The lowest BCUT2D eigenvalue weighted by Gasteiger charge is -2.11. The number of pyridine rings is 2. The molecule has 1 aromatic carbocycles. The van der Waals surface area contributed by atoms with E-state index in [0.29, 0.717) is 28.9 Å². The number of aromatic nitrogens is 4. The quantitative estimate of drug-likeness (QED) is 0.447. The van der Waals surface area contributed by atoms with E-state index in [1.54, 1.807) is 37.8 Å². The first-order valence-electron chi connectivity index (χ1n) is 8.54. The summed E-state index contributed by atoms with van der Waals surface area (Å²) in [6, 6.07) is 15.6. The van der Waals surface area contributed by atoms with Crippen LogP contribution >= 0.6 is 24.8 Å². The van der Waals surface area contributed by atoms with Crippen molar-refractivity contribution in [2.45, 2.75) is 0 Å². The average Bonchev–Trinajstić information content (AvgIpc) is 2.75. The van der Waals surface area contributed by atoms with Gasteiger partial charge in [0.1, 0.15) is 17.3 Å². The zero-order valence-electron chi connectivity index (χ0n) is 15.8. The van der Waals surface area contributed by atoms with Gasteiger partial charge in [0.2, 0.25) is 0 Å². The number of anilines is 2. The summed E-state index contributed by atoms with van der Waals surface area (Å²) in [6.07, 6.45) is 4.94. The van der Waals surface area contributed by atoms with Crippen molar-refractivity contribution in [2.75, 3.05) is 12.4 Å². The second kappa shape index (κ2) is 10.5. The lowest BCUT2D eigenvalue weighted by Crippen LogP contribution is -2.02. The van der Waals surface area contributed by atoms with Gasteiger partial charge in [0.25, 0.3) is 0 Å². The Labute approximate surface area is 185 Å². The molecule has 0 saturated heterocycles. The van der Waals surface area contributed by atoms with Crippen LogP contribution < -0.4 is 10.1 Å². The standard InChI is InChI=1S/C21H16FN5O.2ClH/c1-28-18-13-25-20(17-7-2-3-10-23-17)27-21(18)26-19-9-8-15(12-24-19)14-5-4-6-16(22)11-14;;/h2-13H,1H3,(H,24,25,26,27);2*1H. The van der Waals surface area contributed by atoms with Crippen molar-refractivity contribution in [1.82, 2.24) is 19.9 Å². The van der Waals surface area contributed by atoms with E-state index in [0.717, 1.165) is 11.1 Å². The molecule has 6 nitrogen and oxygen atoms in total. The maximum Gasteiger partial charge on any atom is 0.180 e. The number of nitrogens with one attached hydrogen (secondary N) is 1. The maximum atomic E-state index is 13.4. The summed E-state index contributed by atoms with van der Waals surface area (Å²) in [4.78, 5) is 17.4. The molecule has 0 saturated carbocycles. The molecule has 0 amide bonds. The number of hydrogen-bond acceptors (Lipinski definition) is 6. The fraction of sp³-hybridized carbons (Fsp3) is 0.0476. The monoisotopic (exact) mass is 445 g/mol. The molecule has 0 radical (unpaired) electrons. The predicted octanol–water partition coefficient (Wildman–Crippen LogP) is 5.34. The number of nitrogens with zero attached hydrogens (tertiary/aromatic N) is 4. The highest BCUT2D eigenvalue weighted by Gasteiger charge is 2.11. The van der Waals surface area contributed by atoms with Crippen molar-refractivity contribution < 1.29 is 9.13 Å². The van der Waals surface area contributed by atoms with Gasteiger partial charge in [-0.15, -0.1) is 24.8 Å². The molecule has 9 heteroatoms. The van der Waals surface area contributed by atoms with Gasteiger partial charge in [-0.25, -0.2) is 19.3 Å². The Morgan fingerprint density at radius 1 is 0.867 bits per heavy atom. The minimum absolute atomic E-state index is 0. The molecule has 4 rings (SSSR count). The molecule has 0 fully saturated rings. The van der Waals surface area contributed by atoms with Crippen LogP contribution in [0.2, 0.25) is 0 Å². The van der Waals surface area contributed by atoms with Crippen molar-refractivity contribution >= 4 is 36.4 Å². The maximum absolute atomic E-state index is 13.4. The van der Waals surface area contributed by atoms with Gasteiger partial charge in [0, 0.05) is 18.0 Å². The highest BCUT2D eigenvalue weighted by atomic mass is 35.5. The highest BCUT2D eigenvalue weighted by Crippen LogP contribution is 2.27. The Kier molecular flexibility index (Phi) is 8.03. The van der Waals surface area contributed by atoms with Crippen molar-refractivity contribution in [1.29, 1.82) is 0 Å². The van der Waals surface area contributed by atoms with Gasteiger partial charge < -0.3 is 10.1 Å². The second-order valence-corrected chi connectivity index (χ2v) is 5.89. The van der Waals surface area contributed by atoms with Crippen LogP contribution in [-0.2, 0) is 0 Å². The molecular weight excluding hydrogens is 428 g/mol. The third-order valence-corrected chi connectivity index (χ3v) is 4.04. The number of hydrogen-bond donors (Lipinski definition) is 1. The Morgan fingerprint density at radius 2 is 1.73 bits per heavy atom.